The van der Waals surface area contributed by atoms with Gasteiger partial charge in [0.05, 0.1) is 40.4 Å². The number of thiazole rings is 2. The van der Waals surface area contributed by atoms with E-state index in [0.717, 1.165) is 5.56 Å². The molecule has 0 aliphatic rings. The van der Waals surface area contributed by atoms with Crippen LogP contribution in [0.1, 0.15) is 59.5 Å². The second-order valence-electron chi connectivity index (χ2n) is 14.0. The number of nitrogens with zero attached hydrogens (tertiary/aromatic N) is 5. The molecule has 0 spiro atoms. The Labute approximate surface area is 379 Å². The number of hydrazone groups is 2. The number of nitrogens with one attached hydrogen (secondary N) is 1. The Morgan fingerprint density at radius 3 is 1.84 bits per heavy atom. The van der Waals surface area contributed by atoms with E-state index in [1.807, 2.05) is 29.6 Å². The first-order chi connectivity index (χ1) is 30.3. The Balaban J connectivity index is 1.10. The summed E-state index contributed by atoms with van der Waals surface area (Å²) in [7, 11) is 0. The van der Waals surface area contributed by atoms with Crippen LogP contribution in [0.4, 0.5) is 15.1 Å². The molecule has 4 aromatic carbocycles. The Morgan fingerprint density at radius 1 is 0.714 bits per heavy atom. The molecule has 0 saturated heterocycles. The fourth-order valence-corrected chi connectivity index (χ4v) is 7.29. The van der Waals surface area contributed by atoms with Gasteiger partial charge in [-0.3, -0.25) is 10.2 Å². The minimum absolute atomic E-state index is 0.116. The van der Waals surface area contributed by atoms with Crippen LogP contribution in [-0.2, 0) is 28.5 Å². The van der Waals surface area contributed by atoms with Gasteiger partial charge >= 0.3 is 24.1 Å². The van der Waals surface area contributed by atoms with Crippen LogP contribution >= 0.6 is 45.9 Å². The first-order valence-corrected chi connectivity index (χ1v) is 21.4. The largest absolute Gasteiger partial charge is 0.513 e. The standard InChI is InChI=1S/C44H38Cl2N6O9S2/c1-27(61-43(56)60-26-58-38(53)30-15-7-5-13-28(30)21-47-51-41-49-36(23-62-41)32-17-9-11-19-34(32)45)52(42-50-37(24-63-42)33-18-10-12-20-35(33)46)48-22-29-14-6-8-16-31(29)39(54)57-25-59-40(55)44(2,3)4/h5-24,27H,25-26H2,1-4H3,(H,49,51)/b47-21+,48-22+. The highest BCUT2D eigenvalue weighted by molar-refractivity contribution is 7.14. The number of hydrogen-bond donors (Lipinski definition) is 1. The first kappa shape index (κ1) is 45.9. The lowest BCUT2D eigenvalue weighted by atomic mass is 9.98. The van der Waals surface area contributed by atoms with Crippen LogP contribution in [0.3, 0.4) is 0 Å². The molecule has 15 nitrogen and oxygen atoms in total. The Kier molecular flexibility index (Phi) is 15.6. The minimum Gasteiger partial charge on any atom is -0.427 e. The Morgan fingerprint density at radius 2 is 1.24 bits per heavy atom. The summed E-state index contributed by atoms with van der Waals surface area (Å²) in [6.45, 7) is 5.17. The zero-order valence-corrected chi connectivity index (χ0v) is 37.2. The van der Waals surface area contributed by atoms with Gasteiger partial charge in [-0.15, -0.1) is 22.7 Å². The van der Waals surface area contributed by atoms with Crippen LogP contribution in [0.2, 0.25) is 10.0 Å². The highest BCUT2D eigenvalue weighted by atomic mass is 35.5. The summed E-state index contributed by atoms with van der Waals surface area (Å²) in [5, 5.41) is 15.5. The van der Waals surface area contributed by atoms with Crippen LogP contribution in [0, 0.1) is 5.41 Å². The second-order valence-corrected chi connectivity index (χ2v) is 16.5. The van der Waals surface area contributed by atoms with Crippen molar-refractivity contribution >= 4 is 92.6 Å². The van der Waals surface area contributed by atoms with E-state index in [1.165, 1.54) is 59.2 Å². The number of ether oxygens (including phenoxy) is 5. The number of anilines is 2. The molecular weight excluding hydrogens is 892 g/mol. The van der Waals surface area contributed by atoms with E-state index in [9.17, 15) is 19.2 Å². The molecule has 1 unspecified atom stereocenters. The van der Waals surface area contributed by atoms with Crippen molar-refractivity contribution in [2.45, 2.75) is 33.9 Å². The molecule has 324 valence electrons. The smallest absolute Gasteiger partial charge is 0.427 e. The highest BCUT2D eigenvalue weighted by Crippen LogP contribution is 2.33. The van der Waals surface area contributed by atoms with Crippen LogP contribution < -0.4 is 10.4 Å². The van der Waals surface area contributed by atoms with Gasteiger partial charge < -0.3 is 23.7 Å². The van der Waals surface area contributed by atoms with Gasteiger partial charge in [0.1, 0.15) is 0 Å². The molecule has 1 atom stereocenters. The van der Waals surface area contributed by atoms with Crippen molar-refractivity contribution in [1.29, 1.82) is 0 Å². The zero-order valence-electron chi connectivity index (χ0n) is 34.0. The van der Waals surface area contributed by atoms with Gasteiger partial charge in [-0.25, -0.2) is 24.4 Å². The number of benzene rings is 4. The average Bonchev–Trinajstić information content (AvgIpc) is 3.95. The molecule has 0 radical (unpaired) electrons. The van der Waals surface area contributed by atoms with Crippen molar-refractivity contribution in [1.82, 2.24) is 9.97 Å². The number of halogens is 2. The van der Waals surface area contributed by atoms with E-state index in [2.05, 4.69) is 25.6 Å². The van der Waals surface area contributed by atoms with Crippen LogP contribution in [0.25, 0.3) is 22.5 Å². The maximum Gasteiger partial charge on any atom is 0.513 e. The summed E-state index contributed by atoms with van der Waals surface area (Å²) in [6.07, 6.45) is 0.437. The van der Waals surface area contributed by atoms with Gasteiger partial charge in [0.15, 0.2) is 6.23 Å². The zero-order chi connectivity index (χ0) is 44.9. The number of esters is 3. The van der Waals surface area contributed by atoms with Gasteiger partial charge in [-0.1, -0.05) is 96.0 Å². The highest BCUT2D eigenvalue weighted by Gasteiger charge is 2.25. The molecule has 0 amide bonds. The van der Waals surface area contributed by atoms with E-state index in [-0.39, 0.29) is 16.3 Å². The topological polar surface area (TPSA) is 180 Å². The molecule has 0 aliphatic carbocycles. The first-order valence-electron chi connectivity index (χ1n) is 18.8. The molecule has 2 aromatic heterocycles. The number of rotatable bonds is 16. The van der Waals surface area contributed by atoms with Gasteiger partial charge in [-0.05, 0) is 52.0 Å². The normalized spacial score (nSPS) is 11.8. The van der Waals surface area contributed by atoms with Gasteiger partial charge in [-0.2, -0.15) is 15.2 Å². The fourth-order valence-electron chi connectivity index (χ4n) is 5.31. The molecule has 2 heterocycles. The average molecular weight is 930 g/mol. The van der Waals surface area contributed by atoms with E-state index in [4.69, 9.17) is 46.9 Å². The van der Waals surface area contributed by atoms with E-state index in [0.29, 0.717) is 43.3 Å². The molecule has 0 aliphatic heterocycles. The van der Waals surface area contributed by atoms with Crippen molar-refractivity contribution in [3.8, 4) is 22.5 Å². The summed E-state index contributed by atoms with van der Waals surface area (Å²) in [5.41, 5.74) is 5.74. The Bertz CT molecular complexity index is 2650. The summed E-state index contributed by atoms with van der Waals surface area (Å²) >= 11 is 15.3. The van der Waals surface area contributed by atoms with Crippen LogP contribution in [0.15, 0.2) is 118 Å². The number of carbonyl (C=O) groups excluding carboxylic acids is 4. The molecule has 1 N–H and O–H groups in total. The monoisotopic (exact) mass is 928 g/mol. The van der Waals surface area contributed by atoms with Crippen LogP contribution in [0.5, 0.6) is 0 Å². The summed E-state index contributed by atoms with van der Waals surface area (Å²) in [4.78, 5) is 60.5. The molecule has 6 aromatic rings. The predicted octanol–water partition coefficient (Wildman–Crippen LogP) is 10.5. The lowest BCUT2D eigenvalue weighted by molar-refractivity contribution is -0.161. The van der Waals surface area contributed by atoms with Crippen molar-refractivity contribution in [2.24, 2.45) is 15.6 Å². The third-order valence-corrected chi connectivity index (χ3v) is 10.7. The van der Waals surface area contributed by atoms with Crippen molar-refractivity contribution in [3.63, 3.8) is 0 Å². The van der Waals surface area contributed by atoms with Crippen LogP contribution in [-0.4, -0.2) is 66.3 Å². The summed E-state index contributed by atoms with van der Waals surface area (Å²) in [5.74, 6) is -2.10. The number of carbonyl (C=O) groups is 4. The van der Waals surface area contributed by atoms with Gasteiger partial charge in [0.2, 0.25) is 23.8 Å². The fraction of sp³-hybridized carbons (Fsp3) is 0.182. The van der Waals surface area contributed by atoms with E-state index in [1.54, 1.807) is 86.8 Å². The van der Waals surface area contributed by atoms with Crippen molar-refractivity contribution in [3.05, 3.63) is 140 Å². The predicted molar refractivity (Wildman–Crippen MR) is 242 cm³/mol. The molecule has 63 heavy (non-hydrogen) atoms. The van der Waals surface area contributed by atoms with Gasteiger partial charge in [0, 0.05) is 43.1 Å². The molecule has 6 rings (SSSR count). The molecule has 0 saturated carbocycles. The van der Waals surface area contributed by atoms with Gasteiger partial charge in [0.25, 0.3) is 0 Å². The van der Waals surface area contributed by atoms with Crippen molar-refractivity contribution < 1.29 is 42.9 Å². The Hall–Kier alpha value is -6.66. The quantitative estimate of drug-likeness (QED) is 0.0319. The second kappa shape index (κ2) is 21.4. The molecule has 19 heteroatoms. The van der Waals surface area contributed by atoms with E-state index < -0.39 is 49.3 Å². The third kappa shape index (κ3) is 12.5. The van der Waals surface area contributed by atoms with Crippen molar-refractivity contribution in [2.75, 3.05) is 24.0 Å². The SMILES string of the molecule is CC(OC(=O)OCOC(=O)c1ccccc1/C=N/Nc1nc(-c2ccccc2Cl)cs1)N(/N=C/c1ccccc1C(=O)OCOC(=O)C(C)(C)C)c1nc(-c2ccccc2Cl)cs1. The third-order valence-electron chi connectivity index (χ3n) is 8.51. The summed E-state index contributed by atoms with van der Waals surface area (Å²) < 4.78 is 26.2. The van der Waals surface area contributed by atoms with E-state index >= 15 is 0 Å². The summed E-state index contributed by atoms with van der Waals surface area (Å²) in [6, 6.07) is 27.5. The lowest BCUT2D eigenvalue weighted by Crippen LogP contribution is -2.33. The molecular formula is C44H38Cl2N6O9S2. The lowest BCUT2D eigenvalue weighted by Gasteiger charge is -2.23. The molecule has 0 fully saturated rings. The minimum atomic E-state index is -1.19. The number of hydrogen-bond acceptors (Lipinski definition) is 17. The maximum absolute atomic E-state index is 13.1. The molecule has 0 bridgehead atoms. The maximum atomic E-state index is 13.1. The number of aromatic nitrogens is 2.